The molecule has 4 aromatic rings. The fourth-order valence-corrected chi connectivity index (χ4v) is 5.16. The highest BCUT2D eigenvalue weighted by atomic mass is 19.4. The van der Waals surface area contributed by atoms with E-state index in [1.807, 2.05) is 6.92 Å². The van der Waals surface area contributed by atoms with Gasteiger partial charge in [-0.05, 0) is 80.8 Å². The lowest BCUT2D eigenvalue weighted by molar-refractivity contribution is -0.265. The molecule has 1 saturated carbocycles. The molecule has 0 spiro atoms. The van der Waals surface area contributed by atoms with Gasteiger partial charge < -0.3 is 25.6 Å². The zero-order valence-electron chi connectivity index (χ0n) is 24.2. The molecule has 2 atom stereocenters. The fraction of sp³-hybridized carbons (Fsp3) is 0.312. The molecule has 1 fully saturated rings. The quantitative estimate of drug-likeness (QED) is 0.244. The van der Waals surface area contributed by atoms with E-state index in [-0.39, 0.29) is 40.8 Å². The number of ether oxygens (including phenoxy) is 2. The predicted octanol–water partition coefficient (Wildman–Crippen LogP) is 4.60. The maximum Gasteiger partial charge on any atom is 0.424 e. The Balaban J connectivity index is 1.40. The van der Waals surface area contributed by atoms with Crippen LogP contribution in [0.3, 0.4) is 0 Å². The Morgan fingerprint density at radius 1 is 1.16 bits per heavy atom. The van der Waals surface area contributed by atoms with Crippen molar-refractivity contribution in [2.24, 2.45) is 5.73 Å². The first-order valence-electron chi connectivity index (χ1n) is 14.1. The molecule has 2 aromatic heterocycles. The van der Waals surface area contributed by atoms with E-state index in [4.69, 9.17) is 15.2 Å². The predicted molar refractivity (Wildman–Crippen MR) is 154 cm³/mol. The number of aromatic nitrogens is 2. The van der Waals surface area contributed by atoms with E-state index in [9.17, 15) is 32.3 Å². The van der Waals surface area contributed by atoms with Crippen LogP contribution in [0.25, 0.3) is 22.2 Å². The first-order chi connectivity index (χ1) is 21.2. The molecule has 1 aliphatic heterocycles. The molecule has 9 nitrogen and oxygen atoms in total. The number of primary amides is 1. The number of aliphatic hydroxyl groups is 1. The molecule has 0 radical (unpaired) electrons. The number of nitrogens with two attached hydrogens (primary N) is 1. The minimum atomic E-state index is -5.35. The van der Waals surface area contributed by atoms with Crippen LogP contribution in [0.5, 0.6) is 11.5 Å². The zero-order chi connectivity index (χ0) is 32.3. The number of fused-ring (bicyclic) bond motifs is 2. The lowest BCUT2D eigenvalue weighted by atomic mass is 9.81. The van der Waals surface area contributed by atoms with Crippen molar-refractivity contribution in [3.05, 3.63) is 82.9 Å². The van der Waals surface area contributed by atoms with Gasteiger partial charge in [0.25, 0.3) is 5.91 Å². The zero-order valence-corrected chi connectivity index (χ0v) is 24.2. The van der Waals surface area contributed by atoms with Crippen LogP contribution in [0.15, 0.2) is 54.7 Å². The molecule has 6 rings (SSSR count). The molecule has 45 heavy (non-hydrogen) atoms. The summed E-state index contributed by atoms with van der Waals surface area (Å²) in [7, 11) is 0. The third kappa shape index (κ3) is 5.41. The summed E-state index contributed by atoms with van der Waals surface area (Å²) in [6, 6.07) is 10.3. The van der Waals surface area contributed by atoms with Gasteiger partial charge in [-0.3, -0.25) is 14.6 Å². The summed E-state index contributed by atoms with van der Waals surface area (Å²) in [6.45, 7) is 1.58. The van der Waals surface area contributed by atoms with Gasteiger partial charge in [-0.2, -0.15) is 13.2 Å². The smallest absolute Gasteiger partial charge is 0.424 e. The fourth-order valence-electron chi connectivity index (χ4n) is 5.16. The molecule has 3 heterocycles. The Kier molecular flexibility index (Phi) is 7.18. The second-order valence-electron chi connectivity index (χ2n) is 11.6. The lowest BCUT2D eigenvalue weighted by Crippen LogP contribution is -2.51. The lowest BCUT2D eigenvalue weighted by Gasteiger charge is -2.31. The number of alkyl halides is 3. The Hall–Kier alpha value is -4.78. The number of rotatable bonds is 8. The molecule has 2 unspecified atom stereocenters. The Labute approximate surface area is 254 Å². The number of carbonyl (C=O) groups excluding carboxylic acids is 2. The Morgan fingerprint density at radius 2 is 1.87 bits per heavy atom. The van der Waals surface area contributed by atoms with Crippen LogP contribution in [0, 0.1) is 12.7 Å². The van der Waals surface area contributed by atoms with Crippen molar-refractivity contribution in [1.82, 2.24) is 15.3 Å². The van der Waals surface area contributed by atoms with E-state index in [1.54, 1.807) is 12.3 Å². The second kappa shape index (κ2) is 10.7. The van der Waals surface area contributed by atoms with Crippen LogP contribution < -0.4 is 20.5 Å². The van der Waals surface area contributed by atoms with Gasteiger partial charge in [0.1, 0.15) is 40.5 Å². The largest absolute Gasteiger partial charge is 0.489 e. The molecule has 2 amide bonds. The van der Waals surface area contributed by atoms with E-state index in [2.05, 4.69) is 15.3 Å². The molecule has 4 N–H and O–H groups in total. The molecule has 13 heteroatoms. The summed E-state index contributed by atoms with van der Waals surface area (Å²) in [6.07, 6.45) is -2.09. The van der Waals surface area contributed by atoms with Gasteiger partial charge in [0.2, 0.25) is 11.5 Å². The van der Waals surface area contributed by atoms with E-state index in [0.717, 1.165) is 36.6 Å². The SMILES string of the molecule is Cc1cnc2c(OC3CC3)cc(C(=O)NCC(O)(c3cc4c(c(-c5ccc(F)cc5)n3)OCC4(C)C(N)=O)C(F)(F)F)cc2c1. The third-order valence-corrected chi connectivity index (χ3v) is 8.10. The summed E-state index contributed by atoms with van der Waals surface area (Å²) < 4.78 is 69.6. The number of carbonyl (C=O) groups is 2. The highest BCUT2D eigenvalue weighted by Crippen LogP contribution is 2.47. The van der Waals surface area contributed by atoms with Crippen LogP contribution in [-0.4, -0.2) is 52.3 Å². The summed E-state index contributed by atoms with van der Waals surface area (Å²) >= 11 is 0. The first-order valence-corrected chi connectivity index (χ1v) is 14.1. The van der Waals surface area contributed by atoms with Gasteiger partial charge in [-0.15, -0.1) is 0 Å². The van der Waals surface area contributed by atoms with Crippen LogP contribution in [0.1, 0.15) is 46.9 Å². The number of nitrogens with zero attached hydrogens (tertiary/aromatic N) is 2. The highest BCUT2D eigenvalue weighted by molar-refractivity contribution is 6.00. The number of benzene rings is 2. The van der Waals surface area contributed by atoms with Gasteiger partial charge in [0.05, 0.1) is 18.3 Å². The summed E-state index contributed by atoms with van der Waals surface area (Å²) in [5, 5.41) is 14.1. The molecule has 0 saturated heterocycles. The Bertz CT molecular complexity index is 1840. The minimum Gasteiger partial charge on any atom is -0.489 e. The summed E-state index contributed by atoms with van der Waals surface area (Å²) in [5.74, 6) is -2.09. The standard InChI is InChI=1S/C32H28F4N4O5/c1-16-9-18-10-19(11-23(25(18)38-13-16)45-21-7-8-21)28(41)39-14-31(43,32(34,35)36)24-12-22-27(44-15-30(22,2)29(37)42)26(40-24)17-3-5-20(33)6-4-17/h3-6,9-13,21,43H,7-8,14-15H2,1-2H3,(H2,37,42)(H,39,41). The number of hydrogen-bond acceptors (Lipinski definition) is 7. The number of pyridine rings is 2. The topological polar surface area (TPSA) is 137 Å². The average molecular weight is 625 g/mol. The number of aryl methyl sites for hydroxylation is 1. The van der Waals surface area contributed by atoms with Crippen LogP contribution in [0.2, 0.25) is 0 Å². The monoisotopic (exact) mass is 624 g/mol. The minimum absolute atomic E-state index is 0.00121. The average Bonchev–Trinajstić information content (AvgIpc) is 3.74. The van der Waals surface area contributed by atoms with Gasteiger partial charge in [0.15, 0.2) is 0 Å². The van der Waals surface area contributed by atoms with Crippen molar-refractivity contribution in [2.75, 3.05) is 13.2 Å². The van der Waals surface area contributed by atoms with Crippen molar-refractivity contribution in [1.29, 1.82) is 0 Å². The number of amides is 2. The summed E-state index contributed by atoms with van der Waals surface area (Å²) in [4.78, 5) is 34.3. The maximum absolute atomic E-state index is 14.8. The molecule has 2 aliphatic rings. The van der Waals surface area contributed by atoms with Gasteiger partial charge in [-0.1, -0.05) is 0 Å². The second-order valence-corrected chi connectivity index (χ2v) is 11.6. The van der Waals surface area contributed by atoms with E-state index >= 15 is 0 Å². The molecular formula is C32H28F4N4O5. The van der Waals surface area contributed by atoms with Gasteiger partial charge in [0, 0.05) is 28.3 Å². The number of nitrogens with one attached hydrogen (secondary N) is 1. The van der Waals surface area contributed by atoms with Crippen molar-refractivity contribution in [3.8, 4) is 22.8 Å². The summed E-state index contributed by atoms with van der Waals surface area (Å²) in [5.41, 5.74) is 0.681. The number of halogens is 4. The van der Waals surface area contributed by atoms with Crippen molar-refractivity contribution in [2.45, 2.75) is 50.0 Å². The van der Waals surface area contributed by atoms with Crippen LogP contribution in [0.4, 0.5) is 17.6 Å². The molecule has 1 aliphatic carbocycles. The Morgan fingerprint density at radius 3 is 2.51 bits per heavy atom. The van der Waals surface area contributed by atoms with Crippen LogP contribution >= 0.6 is 0 Å². The van der Waals surface area contributed by atoms with E-state index in [0.29, 0.717) is 16.7 Å². The molecule has 2 aromatic carbocycles. The first kappa shape index (κ1) is 30.3. The number of hydrogen-bond donors (Lipinski definition) is 3. The van der Waals surface area contributed by atoms with E-state index < -0.39 is 47.1 Å². The maximum atomic E-state index is 14.8. The van der Waals surface area contributed by atoms with Crippen molar-refractivity contribution < 1.29 is 41.7 Å². The third-order valence-electron chi connectivity index (χ3n) is 8.10. The van der Waals surface area contributed by atoms with Gasteiger partial charge in [-0.25, -0.2) is 9.37 Å². The van der Waals surface area contributed by atoms with Crippen molar-refractivity contribution in [3.63, 3.8) is 0 Å². The molecule has 234 valence electrons. The molecule has 0 bridgehead atoms. The van der Waals surface area contributed by atoms with Crippen molar-refractivity contribution >= 4 is 22.7 Å². The normalized spacial score (nSPS) is 19.0. The van der Waals surface area contributed by atoms with Crippen LogP contribution in [-0.2, 0) is 15.8 Å². The highest BCUT2D eigenvalue weighted by Gasteiger charge is 2.57. The van der Waals surface area contributed by atoms with Gasteiger partial charge >= 0.3 is 6.18 Å². The molecular weight excluding hydrogens is 596 g/mol. The van der Waals surface area contributed by atoms with E-state index in [1.165, 1.54) is 31.2 Å².